The number of rotatable bonds is 8. The molecule has 0 spiro atoms. The minimum Gasteiger partial charge on any atom is -0.468 e. The van der Waals surface area contributed by atoms with Gasteiger partial charge in [0.2, 0.25) is 0 Å². The highest BCUT2D eigenvalue weighted by molar-refractivity contribution is 5.82. The molecule has 5 rings (SSSR count). The normalized spacial score (nSPS) is 15.8. The van der Waals surface area contributed by atoms with Crippen LogP contribution in [-0.4, -0.2) is 30.1 Å². The molecular formula is C28H36N6O2. The third-order valence-electron chi connectivity index (χ3n) is 7.41. The molecule has 0 radical (unpaired) electrons. The van der Waals surface area contributed by atoms with Crippen LogP contribution in [-0.2, 0) is 13.1 Å². The molecule has 190 valence electrons. The van der Waals surface area contributed by atoms with Crippen molar-refractivity contribution in [3.05, 3.63) is 75.2 Å². The number of fused-ring (bicyclic) bond motifs is 1. The number of nitrogens with zero attached hydrogens (tertiary/aromatic N) is 5. The molecule has 1 aliphatic rings. The Labute approximate surface area is 211 Å². The fourth-order valence-electron chi connectivity index (χ4n) is 5.79. The molecule has 36 heavy (non-hydrogen) atoms. The molecular weight excluding hydrogens is 452 g/mol. The van der Waals surface area contributed by atoms with Crippen LogP contribution in [0.25, 0.3) is 10.9 Å². The van der Waals surface area contributed by atoms with Gasteiger partial charge in [0.1, 0.15) is 5.76 Å². The van der Waals surface area contributed by atoms with Gasteiger partial charge >= 0.3 is 0 Å². The Kier molecular flexibility index (Phi) is 7.05. The summed E-state index contributed by atoms with van der Waals surface area (Å²) in [4.78, 5) is 18.7. The Morgan fingerprint density at radius 1 is 1.14 bits per heavy atom. The van der Waals surface area contributed by atoms with E-state index in [4.69, 9.17) is 4.42 Å². The first-order valence-electron chi connectivity index (χ1n) is 13.1. The van der Waals surface area contributed by atoms with Crippen LogP contribution in [0.5, 0.6) is 0 Å². The Morgan fingerprint density at radius 2 is 1.94 bits per heavy atom. The second-order valence-corrected chi connectivity index (χ2v) is 10.6. The first kappa shape index (κ1) is 24.4. The first-order chi connectivity index (χ1) is 17.4. The highest BCUT2D eigenvalue weighted by atomic mass is 16.3. The van der Waals surface area contributed by atoms with E-state index in [2.05, 4.69) is 63.0 Å². The second-order valence-electron chi connectivity index (χ2n) is 10.6. The molecule has 1 atom stereocenters. The average Bonchev–Trinajstić information content (AvgIpc) is 3.53. The van der Waals surface area contributed by atoms with Gasteiger partial charge in [0.25, 0.3) is 5.56 Å². The topological polar surface area (TPSA) is 92.8 Å². The van der Waals surface area contributed by atoms with E-state index in [1.54, 1.807) is 6.26 Å². The number of furan rings is 1. The van der Waals surface area contributed by atoms with E-state index in [9.17, 15) is 4.79 Å². The number of tetrazole rings is 1. The molecule has 8 nitrogen and oxygen atoms in total. The fraction of sp³-hybridized carbons (Fsp3) is 0.500. The summed E-state index contributed by atoms with van der Waals surface area (Å²) in [5, 5.41) is 14.1. The lowest BCUT2D eigenvalue weighted by Gasteiger charge is -2.34. The average molecular weight is 489 g/mol. The van der Waals surface area contributed by atoms with E-state index in [0.717, 1.165) is 46.5 Å². The Hall–Kier alpha value is -3.26. The number of nitrogens with one attached hydrogen (secondary N) is 1. The highest BCUT2D eigenvalue weighted by Gasteiger charge is 2.32. The Morgan fingerprint density at radius 3 is 2.67 bits per heavy atom. The quantitative estimate of drug-likeness (QED) is 0.346. The summed E-state index contributed by atoms with van der Waals surface area (Å²) in [5.41, 5.74) is 3.81. The van der Waals surface area contributed by atoms with Gasteiger partial charge in [0, 0.05) is 12.1 Å². The maximum atomic E-state index is 13.3. The molecule has 0 aliphatic heterocycles. The van der Waals surface area contributed by atoms with E-state index in [-0.39, 0.29) is 17.5 Å². The lowest BCUT2D eigenvalue weighted by atomic mass is 9.94. The van der Waals surface area contributed by atoms with Gasteiger partial charge in [-0.3, -0.25) is 9.69 Å². The molecule has 8 heteroatoms. The Bertz CT molecular complexity index is 1360. The van der Waals surface area contributed by atoms with Crippen LogP contribution in [0.1, 0.15) is 86.3 Å². The van der Waals surface area contributed by atoms with Gasteiger partial charge in [0.05, 0.1) is 30.4 Å². The number of pyridine rings is 1. The number of aromatic amines is 1. The highest BCUT2D eigenvalue weighted by Crippen LogP contribution is 2.34. The van der Waals surface area contributed by atoms with Gasteiger partial charge < -0.3 is 9.40 Å². The maximum absolute atomic E-state index is 13.3. The van der Waals surface area contributed by atoms with Gasteiger partial charge in [-0.05, 0) is 78.2 Å². The zero-order valence-corrected chi connectivity index (χ0v) is 21.7. The lowest BCUT2D eigenvalue weighted by Crippen LogP contribution is -2.36. The van der Waals surface area contributed by atoms with E-state index in [1.165, 1.54) is 24.8 Å². The smallest absolute Gasteiger partial charge is 0.252 e. The van der Waals surface area contributed by atoms with E-state index in [1.807, 2.05) is 25.1 Å². The predicted octanol–water partition coefficient (Wildman–Crippen LogP) is 5.63. The van der Waals surface area contributed by atoms with Gasteiger partial charge in [-0.15, -0.1) is 5.10 Å². The number of hydrogen-bond donors (Lipinski definition) is 1. The predicted molar refractivity (Wildman–Crippen MR) is 140 cm³/mol. The summed E-state index contributed by atoms with van der Waals surface area (Å²) in [6, 6.07) is 10.4. The summed E-state index contributed by atoms with van der Waals surface area (Å²) in [7, 11) is 0. The second kappa shape index (κ2) is 10.4. The molecule has 0 bridgehead atoms. The monoisotopic (exact) mass is 488 g/mol. The zero-order chi connectivity index (χ0) is 25.2. The van der Waals surface area contributed by atoms with Crippen molar-refractivity contribution in [3.8, 4) is 0 Å². The molecule has 1 fully saturated rings. The van der Waals surface area contributed by atoms with Gasteiger partial charge in [0.15, 0.2) is 5.82 Å². The maximum Gasteiger partial charge on any atom is 0.252 e. The van der Waals surface area contributed by atoms with Crippen LogP contribution >= 0.6 is 0 Å². The molecule has 3 aromatic heterocycles. The van der Waals surface area contributed by atoms with Crippen molar-refractivity contribution in [2.45, 2.75) is 85.0 Å². The molecule has 0 saturated heterocycles. The minimum atomic E-state index is -0.0821. The largest absolute Gasteiger partial charge is 0.468 e. The first-order valence-corrected chi connectivity index (χ1v) is 13.1. The molecule has 1 saturated carbocycles. The number of aromatic nitrogens is 5. The minimum absolute atomic E-state index is 0.0618. The summed E-state index contributed by atoms with van der Waals surface area (Å²) < 4.78 is 7.79. The molecule has 4 aromatic rings. The molecule has 0 amide bonds. The van der Waals surface area contributed by atoms with Crippen molar-refractivity contribution in [1.82, 2.24) is 30.1 Å². The molecule has 1 N–H and O–H groups in total. The number of hydrogen-bond acceptors (Lipinski definition) is 6. The summed E-state index contributed by atoms with van der Waals surface area (Å²) >= 11 is 0. The third kappa shape index (κ3) is 5.00. The van der Waals surface area contributed by atoms with Gasteiger partial charge in [-0.2, -0.15) is 0 Å². The van der Waals surface area contributed by atoms with Crippen LogP contribution in [0.4, 0.5) is 0 Å². The SMILES string of the molecule is Cc1cc(C)c2[nH]c(=O)c(CN(Cc3ccco3)C(c3nnnn3C3CCCCC3)C(C)C)cc2c1. The zero-order valence-electron chi connectivity index (χ0n) is 21.7. The van der Waals surface area contributed by atoms with Crippen molar-refractivity contribution in [3.63, 3.8) is 0 Å². The van der Waals surface area contributed by atoms with Crippen LogP contribution in [0.15, 0.2) is 45.8 Å². The number of H-pyrrole nitrogens is 1. The van der Waals surface area contributed by atoms with E-state index < -0.39 is 0 Å². The van der Waals surface area contributed by atoms with Gasteiger partial charge in [-0.1, -0.05) is 44.7 Å². The standard InChI is InChI=1S/C28H36N6O2/c1-18(2)26(27-30-31-32-34(27)23-9-6-5-7-10-23)33(17-24-11-8-12-36-24)16-22-15-21-14-19(3)13-20(4)25(21)29-28(22)35/h8,11-15,18,23,26H,5-7,9-10,16-17H2,1-4H3,(H,29,35). The van der Waals surface area contributed by atoms with E-state index in [0.29, 0.717) is 19.1 Å². The number of benzene rings is 1. The van der Waals surface area contributed by atoms with Crippen molar-refractivity contribution < 1.29 is 4.42 Å². The van der Waals surface area contributed by atoms with Crippen LogP contribution in [0, 0.1) is 19.8 Å². The Balaban J connectivity index is 1.56. The van der Waals surface area contributed by atoms with Crippen molar-refractivity contribution in [2.24, 2.45) is 5.92 Å². The van der Waals surface area contributed by atoms with Crippen molar-refractivity contribution >= 4 is 10.9 Å². The number of aryl methyl sites for hydroxylation is 2. The van der Waals surface area contributed by atoms with Crippen LogP contribution in [0.2, 0.25) is 0 Å². The van der Waals surface area contributed by atoms with Crippen LogP contribution in [0.3, 0.4) is 0 Å². The molecule has 1 unspecified atom stereocenters. The van der Waals surface area contributed by atoms with Crippen molar-refractivity contribution in [2.75, 3.05) is 0 Å². The molecule has 1 aromatic carbocycles. The lowest BCUT2D eigenvalue weighted by molar-refractivity contribution is 0.112. The summed E-state index contributed by atoms with van der Waals surface area (Å²) in [6.07, 6.45) is 7.58. The molecule has 3 heterocycles. The van der Waals surface area contributed by atoms with Crippen LogP contribution < -0.4 is 5.56 Å². The summed E-state index contributed by atoms with van der Waals surface area (Å²) in [6.45, 7) is 9.51. The fourth-order valence-corrected chi connectivity index (χ4v) is 5.79. The van der Waals surface area contributed by atoms with Crippen molar-refractivity contribution in [1.29, 1.82) is 0 Å². The molecule has 1 aliphatic carbocycles. The third-order valence-corrected chi connectivity index (χ3v) is 7.41. The summed E-state index contributed by atoms with van der Waals surface area (Å²) in [5.74, 6) is 1.94. The van der Waals surface area contributed by atoms with Gasteiger partial charge in [-0.25, -0.2) is 4.68 Å². The van der Waals surface area contributed by atoms with E-state index >= 15 is 0 Å².